The number of carbonyl (C=O) groups excluding carboxylic acids is 1. The van der Waals surface area contributed by atoms with Crippen LogP contribution in [0.5, 0.6) is 0 Å². The molecule has 2 N–H and O–H groups in total. The van der Waals surface area contributed by atoms with Gasteiger partial charge in [-0.05, 0) is 25.5 Å². The van der Waals surface area contributed by atoms with E-state index in [2.05, 4.69) is 10.6 Å². The molecule has 0 saturated heterocycles. The number of esters is 1. The summed E-state index contributed by atoms with van der Waals surface area (Å²) < 4.78 is 4.86. The topological polar surface area (TPSA) is 50.4 Å². The predicted molar refractivity (Wildman–Crippen MR) is 65.2 cm³/mol. The number of hydrogen-bond donors (Lipinski definition) is 2. The molecule has 16 heavy (non-hydrogen) atoms. The van der Waals surface area contributed by atoms with Gasteiger partial charge in [-0.25, -0.2) is 4.79 Å². The fraction of sp³-hybridized carbons (Fsp3) is 0.545. The minimum atomic E-state index is -0.227. The molecule has 4 nitrogen and oxygen atoms in total. The van der Waals surface area contributed by atoms with Crippen molar-refractivity contribution in [3.8, 4) is 0 Å². The number of nitrogens with one attached hydrogen (secondary N) is 2. The summed E-state index contributed by atoms with van der Waals surface area (Å²) in [5.74, 6) is -0.227. The highest BCUT2D eigenvalue weighted by Gasteiger charge is 2.25. The fourth-order valence-corrected chi connectivity index (χ4v) is 3.21. The molecule has 0 unspecified atom stereocenters. The second-order valence-electron chi connectivity index (χ2n) is 3.66. The van der Waals surface area contributed by atoms with Gasteiger partial charge in [0.25, 0.3) is 0 Å². The monoisotopic (exact) mass is 240 g/mol. The zero-order chi connectivity index (χ0) is 11.5. The van der Waals surface area contributed by atoms with Crippen molar-refractivity contribution >= 4 is 22.3 Å². The Bertz CT molecular complexity index is 401. The molecule has 1 aliphatic heterocycles. The summed E-state index contributed by atoms with van der Waals surface area (Å²) in [5, 5.41) is 7.50. The summed E-state index contributed by atoms with van der Waals surface area (Å²) in [4.78, 5) is 13.0. The maximum Gasteiger partial charge on any atom is 0.341 e. The highest BCUT2D eigenvalue weighted by Crippen LogP contribution is 2.35. The third-order valence-corrected chi connectivity index (χ3v) is 3.84. The number of anilines is 1. The van der Waals surface area contributed by atoms with Crippen LogP contribution in [0, 0.1) is 0 Å². The van der Waals surface area contributed by atoms with E-state index < -0.39 is 0 Å². The van der Waals surface area contributed by atoms with Crippen molar-refractivity contribution < 1.29 is 9.53 Å². The molecule has 2 heterocycles. The highest BCUT2D eigenvalue weighted by molar-refractivity contribution is 7.16. The lowest BCUT2D eigenvalue weighted by Gasteiger charge is -2.13. The third kappa shape index (κ3) is 1.92. The van der Waals surface area contributed by atoms with E-state index in [1.165, 1.54) is 12.0 Å². The summed E-state index contributed by atoms with van der Waals surface area (Å²) in [6.07, 6.45) is 0.904. The van der Waals surface area contributed by atoms with Gasteiger partial charge in [0.05, 0.1) is 12.7 Å². The number of thiophene rings is 1. The summed E-state index contributed by atoms with van der Waals surface area (Å²) in [6, 6.07) is 0. The number of rotatable bonds is 3. The van der Waals surface area contributed by atoms with Crippen molar-refractivity contribution in [1.82, 2.24) is 5.32 Å². The van der Waals surface area contributed by atoms with Crippen molar-refractivity contribution in [2.24, 2.45) is 0 Å². The van der Waals surface area contributed by atoms with E-state index >= 15 is 0 Å². The van der Waals surface area contributed by atoms with E-state index in [-0.39, 0.29) is 5.97 Å². The van der Waals surface area contributed by atoms with Gasteiger partial charge in [0.2, 0.25) is 0 Å². The van der Waals surface area contributed by atoms with Crippen LogP contribution in [0.2, 0.25) is 0 Å². The number of hydrogen-bond acceptors (Lipinski definition) is 5. The van der Waals surface area contributed by atoms with Crippen LogP contribution in [0.15, 0.2) is 0 Å². The summed E-state index contributed by atoms with van der Waals surface area (Å²) in [6.45, 7) is 4.63. The molecule has 0 saturated carbocycles. The molecule has 0 spiro atoms. The highest BCUT2D eigenvalue weighted by atomic mass is 32.1. The quantitative estimate of drug-likeness (QED) is 0.788. The SMILES string of the molecule is CCNc1sc2c(c1C(=O)OC)CCNC2. The lowest BCUT2D eigenvalue weighted by atomic mass is 10.0. The van der Waals surface area contributed by atoms with Gasteiger partial charge in [-0.2, -0.15) is 0 Å². The normalized spacial score (nSPS) is 14.4. The minimum absolute atomic E-state index is 0.227. The smallest absolute Gasteiger partial charge is 0.341 e. The molecule has 1 aliphatic rings. The number of ether oxygens (including phenoxy) is 1. The maximum atomic E-state index is 11.8. The summed E-state index contributed by atoms with van der Waals surface area (Å²) in [5.41, 5.74) is 1.90. The van der Waals surface area contributed by atoms with Gasteiger partial charge in [0.15, 0.2) is 0 Å². The molecule has 1 aromatic rings. The van der Waals surface area contributed by atoms with Crippen LogP contribution in [-0.4, -0.2) is 26.2 Å². The van der Waals surface area contributed by atoms with Crippen LogP contribution < -0.4 is 10.6 Å². The molecular formula is C11H16N2O2S. The zero-order valence-corrected chi connectivity index (χ0v) is 10.4. The molecule has 0 amide bonds. The van der Waals surface area contributed by atoms with Gasteiger partial charge in [-0.15, -0.1) is 11.3 Å². The van der Waals surface area contributed by atoms with E-state index in [1.807, 2.05) is 6.92 Å². The average molecular weight is 240 g/mol. The molecule has 0 aromatic carbocycles. The van der Waals surface area contributed by atoms with E-state index in [1.54, 1.807) is 11.3 Å². The van der Waals surface area contributed by atoms with Gasteiger partial charge in [-0.1, -0.05) is 0 Å². The average Bonchev–Trinajstić information content (AvgIpc) is 2.66. The lowest BCUT2D eigenvalue weighted by molar-refractivity contribution is 0.0601. The molecule has 88 valence electrons. The first kappa shape index (κ1) is 11.4. The van der Waals surface area contributed by atoms with Crippen LogP contribution in [-0.2, 0) is 17.7 Å². The van der Waals surface area contributed by atoms with Gasteiger partial charge >= 0.3 is 5.97 Å². The number of fused-ring (bicyclic) bond motifs is 1. The summed E-state index contributed by atoms with van der Waals surface area (Å²) >= 11 is 1.66. The Morgan fingerprint density at radius 2 is 2.44 bits per heavy atom. The molecule has 0 bridgehead atoms. The van der Waals surface area contributed by atoms with Crippen molar-refractivity contribution in [1.29, 1.82) is 0 Å². The fourth-order valence-electron chi connectivity index (χ4n) is 1.94. The van der Waals surface area contributed by atoms with Crippen LogP contribution >= 0.6 is 11.3 Å². The van der Waals surface area contributed by atoms with Gasteiger partial charge < -0.3 is 15.4 Å². The van der Waals surface area contributed by atoms with Gasteiger partial charge in [0, 0.05) is 18.0 Å². The van der Waals surface area contributed by atoms with Crippen molar-refractivity contribution in [2.45, 2.75) is 19.9 Å². The van der Waals surface area contributed by atoms with E-state index in [4.69, 9.17) is 4.74 Å². The Kier molecular flexibility index (Phi) is 3.46. The van der Waals surface area contributed by atoms with E-state index in [0.29, 0.717) is 0 Å². The number of carbonyl (C=O) groups is 1. The molecule has 0 aliphatic carbocycles. The van der Waals surface area contributed by atoms with E-state index in [0.717, 1.165) is 42.2 Å². The molecule has 0 radical (unpaired) electrons. The van der Waals surface area contributed by atoms with Crippen molar-refractivity contribution in [3.63, 3.8) is 0 Å². The van der Waals surface area contributed by atoms with Crippen LogP contribution in [0.4, 0.5) is 5.00 Å². The Balaban J connectivity index is 2.44. The predicted octanol–water partition coefficient (Wildman–Crippen LogP) is 1.61. The molecular weight excluding hydrogens is 224 g/mol. The zero-order valence-electron chi connectivity index (χ0n) is 9.55. The van der Waals surface area contributed by atoms with Crippen LogP contribution in [0.3, 0.4) is 0 Å². The molecule has 0 atom stereocenters. The summed E-state index contributed by atoms with van der Waals surface area (Å²) in [7, 11) is 1.43. The second kappa shape index (κ2) is 4.84. The lowest BCUT2D eigenvalue weighted by Crippen LogP contribution is -2.23. The Labute approximate surface area is 99.0 Å². The molecule has 2 rings (SSSR count). The molecule has 0 fully saturated rings. The molecule has 1 aromatic heterocycles. The van der Waals surface area contributed by atoms with Gasteiger partial charge in [0.1, 0.15) is 5.00 Å². The first-order valence-corrected chi connectivity index (χ1v) is 6.27. The second-order valence-corrected chi connectivity index (χ2v) is 4.76. The molecule has 5 heteroatoms. The first-order valence-electron chi connectivity index (χ1n) is 5.45. The van der Waals surface area contributed by atoms with Crippen molar-refractivity contribution in [3.05, 3.63) is 16.0 Å². The Hall–Kier alpha value is -1.07. The third-order valence-electron chi connectivity index (χ3n) is 2.65. The van der Waals surface area contributed by atoms with Gasteiger partial charge in [-0.3, -0.25) is 0 Å². The Morgan fingerprint density at radius 1 is 1.62 bits per heavy atom. The largest absolute Gasteiger partial charge is 0.465 e. The van der Waals surface area contributed by atoms with Crippen LogP contribution in [0.1, 0.15) is 27.7 Å². The first-order chi connectivity index (χ1) is 7.77. The number of methoxy groups -OCH3 is 1. The maximum absolute atomic E-state index is 11.8. The standard InChI is InChI=1S/C11H16N2O2S/c1-3-13-10-9(11(14)15-2)7-4-5-12-6-8(7)16-10/h12-13H,3-6H2,1-2H3. The Morgan fingerprint density at radius 3 is 3.12 bits per heavy atom. The van der Waals surface area contributed by atoms with E-state index in [9.17, 15) is 4.79 Å². The van der Waals surface area contributed by atoms with Crippen LogP contribution in [0.25, 0.3) is 0 Å². The van der Waals surface area contributed by atoms with Crippen molar-refractivity contribution in [2.75, 3.05) is 25.5 Å². The minimum Gasteiger partial charge on any atom is -0.465 e.